The van der Waals surface area contributed by atoms with Gasteiger partial charge in [0.1, 0.15) is 0 Å². The van der Waals surface area contributed by atoms with Crippen LogP contribution in [0.5, 0.6) is 0 Å². The highest BCUT2D eigenvalue weighted by molar-refractivity contribution is 5.89. The van der Waals surface area contributed by atoms with E-state index in [-0.39, 0.29) is 75.7 Å². The lowest BCUT2D eigenvalue weighted by atomic mass is 10.4. The average Bonchev–Trinajstić information content (AvgIpc) is 3.18. The number of carbonyl (C=O) groups is 3. The summed E-state index contributed by atoms with van der Waals surface area (Å²) >= 11 is 0. The Hall–Kier alpha value is -8.74. The number of nitrogens with zero attached hydrogens (tertiary/aromatic N) is 27. The number of hydrogen-bond acceptors (Lipinski definition) is 30. The standard InChI is InChI=1S/C19H5N27O5/c1-2(47)3-23-31-10(32-24-3)11-33-25-7(26-34-11)4-20-5(8-27-35-12(36-28-8)14-39-43-16(18(48)49)44-40-14)22-6(21-4)9-29-37-13(38-30-9)15-41-45-17(19(50)51)46-42-15/h1H3,(H,48,49)(H,50,51). The van der Waals surface area contributed by atoms with E-state index in [1.165, 1.54) is 6.92 Å². The molecule has 0 unspecified atom stereocenters. The Balaban J connectivity index is 1.24. The predicted octanol–water partition coefficient (Wildman–Crippen LogP) is -5.05. The van der Waals surface area contributed by atoms with E-state index in [1.54, 1.807) is 0 Å². The minimum Gasteiger partial charge on any atom is -0.475 e. The summed E-state index contributed by atoms with van der Waals surface area (Å²) in [6.45, 7) is 1.23. The highest BCUT2D eigenvalue weighted by atomic mass is 16.4. The van der Waals surface area contributed by atoms with Crippen LogP contribution in [-0.2, 0) is 0 Å². The number of aromatic nitrogens is 27. The zero-order valence-electron chi connectivity index (χ0n) is 24.2. The molecule has 0 aromatic carbocycles. The number of aromatic carboxylic acids is 2. The molecule has 0 fully saturated rings. The quantitative estimate of drug-likeness (QED) is 0.134. The summed E-state index contributed by atoms with van der Waals surface area (Å²) in [5, 5.41) is 107. The molecule has 32 nitrogen and oxygen atoms in total. The van der Waals surface area contributed by atoms with E-state index in [2.05, 4.69) is 137 Å². The van der Waals surface area contributed by atoms with Crippen LogP contribution in [0.25, 0.3) is 69.9 Å². The Bertz CT molecular complexity index is 2130. The Morgan fingerprint density at radius 3 is 0.667 bits per heavy atom. The molecule has 0 bridgehead atoms. The Morgan fingerprint density at radius 2 is 0.471 bits per heavy atom. The highest BCUT2D eigenvalue weighted by Crippen LogP contribution is 2.19. The van der Waals surface area contributed by atoms with Crippen LogP contribution in [-0.4, -0.2) is 165 Å². The molecule has 0 aliphatic rings. The first-order chi connectivity index (χ1) is 24.7. The number of carboxylic acid groups (broad SMARTS) is 2. The van der Waals surface area contributed by atoms with Crippen molar-refractivity contribution in [1.29, 1.82) is 0 Å². The smallest absolute Gasteiger partial charge is 0.377 e. The molecule has 0 aliphatic carbocycles. The fourth-order valence-electron chi connectivity index (χ4n) is 3.17. The van der Waals surface area contributed by atoms with Crippen LogP contribution in [0, 0.1) is 0 Å². The lowest BCUT2D eigenvalue weighted by Crippen LogP contribution is -2.12. The summed E-state index contributed by atoms with van der Waals surface area (Å²) in [7, 11) is 0. The van der Waals surface area contributed by atoms with Gasteiger partial charge in [0.05, 0.1) is 0 Å². The molecule has 0 saturated carbocycles. The SMILES string of the molecule is CC(=O)c1nnc(-c2nnc(-c3nc(-c4nnc(-c5nnc(C(=O)O)nn5)nn4)nc(-c4nnc(-c5nnc(C(=O)O)nn5)nn4)n3)nn2)nn1. The number of ketones is 1. The average molecular weight is 691 g/mol. The van der Waals surface area contributed by atoms with Crippen molar-refractivity contribution in [2.75, 3.05) is 0 Å². The van der Waals surface area contributed by atoms with Crippen LogP contribution < -0.4 is 0 Å². The van der Waals surface area contributed by atoms with Crippen LogP contribution in [0.1, 0.15) is 38.8 Å². The molecule has 0 aliphatic heterocycles. The number of carboxylic acids is 2. The number of Topliss-reactive ketones (excluding diaryl/α,β-unsaturated/α-hetero) is 1. The van der Waals surface area contributed by atoms with Crippen LogP contribution in [0.4, 0.5) is 0 Å². The predicted molar refractivity (Wildman–Crippen MR) is 143 cm³/mol. The molecule has 0 radical (unpaired) electrons. The van der Waals surface area contributed by atoms with E-state index in [9.17, 15) is 14.4 Å². The van der Waals surface area contributed by atoms with Gasteiger partial charge < -0.3 is 10.2 Å². The molecule has 7 rings (SSSR count). The molecule has 7 heterocycles. The minimum absolute atomic E-state index is 0.196. The lowest BCUT2D eigenvalue weighted by molar-refractivity contribution is 0.0669. The monoisotopic (exact) mass is 691 g/mol. The van der Waals surface area contributed by atoms with Gasteiger partial charge in [-0.1, -0.05) is 0 Å². The van der Waals surface area contributed by atoms with Gasteiger partial charge in [0.15, 0.2) is 0 Å². The fourth-order valence-corrected chi connectivity index (χ4v) is 3.17. The minimum atomic E-state index is -1.45. The molecule has 51 heavy (non-hydrogen) atoms. The topological polar surface area (TPSA) is 440 Å². The molecular weight excluding hydrogens is 686 g/mol. The molecule has 246 valence electrons. The van der Waals surface area contributed by atoms with Crippen LogP contribution >= 0.6 is 0 Å². The van der Waals surface area contributed by atoms with Crippen LogP contribution in [0.15, 0.2) is 0 Å². The number of hydrogen-bond donors (Lipinski definition) is 2. The Kier molecular flexibility index (Phi) is 7.76. The van der Waals surface area contributed by atoms with Gasteiger partial charge >= 0.3 is 11.9 Å². The summed E-state index contributed by atoms with van der Waals surface area (Å²) in [4.78, 5) is 46.0. The van der Waals surface area contributed by atoms with Gasteiger partial charge in [0.25, 0.3) is 11.6 Å². The van der Waals surface area contributed by atoms with Crippen molar-refractivity contribution in [3.63, 3.8) is 0 Å². The fraction of sp³-hybridized carbons (Fsp3) is 0.0526. The van der Waals surface area contributed by atoms with Crippen molar-refractivity contribution in [1.82, 2.24) is 137 Å². The Labute approximate surface area is 274 Å². The first-order valence-corrected chi connectivity index (χ1v) is 12.9. The van der Waals surface area contributed by atoms with Crippen molar-refractivity contribution in [2.24, 2.45) is 0 Å². The normalized spacial score (nSPS) is 10.8. The zero-order chi connectivity index (χ0) is 35.5. The lowest BCUT2D eigenvalue weighted by Gasteiger charge is -2.04. The third-order valence-electron chi connectivity index (χ3n) is 5.41. The van der Waals surface area contributed by atoms with Gasteiger partial charge in [0, 0.05) is 6.92 Å². The van der Waals surface area contributed by atoms with Gasteiger partial charge in [-0.2, -0.15) is 0 Å². The molecule has 2 N–H and O–H groups in total. The maximum Gasteiger partial charge on any atom is 0.377 e. The molecule has 32 heteroatoms. The second-order valence-electron chi connectivity index (χ2n) is 8.76. The van der Waals surface area contributed by atoms with Crippen molar-refractivity contribution >= 4 is 17.7 Å². The number of rotatable bonds is 9. The van der Waals surface area contributed by atoms with Crippen LogP contribution in [0.2, 0.25) is 0 Å². The molecule has 0 amide bonds. The van der Waals surface area contributed by atoms with E-state index < -0.39 is 29.4 Å². The molecule has 0 spiro atoms. The highest BCUT2D eigenvalue weighted by Gasteiger charge is 2.22. The van der Waals surface area contributed by atoms with Crippen LogP contribution in [0.3, 0.4) is 0 Å². The van der Waals surface area contributed by atoms with E-state index in [0.717, 1.165) is 0 Å². The van der Waals surface area contributed by atoms with E-state index >= 15 is 0 Å². The third kappa shape index (κ3) is 6.45. The van der Waals surface area contributed by atoms with E-state index in [4.69, 9.17) is 10.2 Å². The van der Waals surface area contributed by atoms with Crippen molar-refractivity contribution in [3.8, 4) is 69.9 Å². The summed E-state index contributed by atoms with van der Waals surface area (Å²) in [5.41, 5.74) is 0. The Morgan fingerprint density at radius 1 is 0.294 bits per heavy atom. The number of carbonyl (C=O) groups excluding carboxylic acids is 1. The summed E-state index contributed by atoms with van der Waals surface area (Å²) < 4.78 is 0. The third-order valence-corrected chi connectivity index (χ3v) is 5.41. The van der Waals surface area contributed by atoms with Gasteiger partial charge in [-0.3, -0.25) is 4.79 Å². The maximum absolute atomic E-state index is 11.4. The van der Waals surface area contributed by atoms with Gasteiger partial charge in [-0.15, -0.1) is 122 Å². The largest absolute Gasteiger partial charge is 0.475 e. The van der Waals surface area contributed by atoms with Crippen molar-refractivity contribution < 1.29 is 24.6 Å². The second-order valence-corrected chi connectivity index (χ2v) is 8.76. The van der Waals surface area contributed by atoms with E-state index in [1.807, 2.05) is 0 Å². The van der Waals surface area contributed by atoms with Gasteiger partial charge in [-0.05, 0) is 0 Å². The summed E-state index contributed by atoms with van der Waals surface area (Å²) in [6, 6.07) is 0. The maximum atomic E-state index is 11.4. The van der Waals surface area contributed by atoms with Gasteiger partial charge in [-0.25, -0.2) is 24.5 Å². The summed E-state index contributed by atoms with van der Waals surface area (Å²) in [6.07, 6.45) is 0. The molecular formula is C19H5N27O5. The van der Waals surface area contributed by atoms with Crippen molar-refractivity contribution in [3.05, 3.63) is 17.5 Å². The molecule has 7 aromatic rings. The van der Waals surface area contributed by atoms with E-state index in [0.29, 0.717) is 0 Å². The molecule has 7 aromatic heterocycles. The molecule has 0 saturated heterocycles. The van der Waals surface area contributed by atoms with Crippen molar-refractivity contribution in [2.45, 2.75) is 6.92 Å². The second kappa shape index (κ2) is 12.8. The first-order valence-electron chi connectivity index (χ1n) is 12.9. The first kappa shape index (κ1) is 30.9. The zero-order valence-corrected chi connectivity index (χ0v) is 24.2. The molecule has 0 atom stereocenters. The summed E-state index contributed by atoms with van der Waals surface area (Å²) in [5.74, 6) is -8.25. The van der Waals surface area contributed by atoms with Gasteiger partial charge in [0.2, 0.25) is 81.5 Å².